The van der Waals surface area contributed by atoms with Crippen molar-refractivity contribution in [3.63, 3.8) is 0 Å². The summed E-state index contributed by atoms with van der Waals surface area (Å²) in [6.07, 6.45) is 3.37. The highest BCUT2D eigenvalue weighted by atomic mass is 32.1. The third-order valence-electron chi connectivity index (χ3n) is 5.94. The van der Waals surface area contributed by atoms with Gasteiger partial charge in [-0.05, 0) is 62.2 Å². The molecular formula is C26H23FN6O2S. The first-order valence-electron chi connectivity index (χ1n) is 11.3. The molecule has 5 rings (SSSR count). The van der Waals surface area contributed by atoms with E-state index in [0.29, 0.717) is 39.8 Å². The molecule has 5 aromatic rings. The molecule has 4 aromatic heterocycles. The van der Waals surface area contributed by atoms with Crippen molar-refractivity contribution in [1.29, 1.82) is 0 Å². The quantitative estimate of drug-likeness (QED) is 0.380. The number of pyridine rings is 1. The second-order valence-electron chi connectivity index (χ2n) is 8.54. The molecule has 0 aliphatic carbocycles. The van der Waals surface area contributed by atoms with Crippen molar-refractivity contribution >= 4 is 22.2 Å². The van der Waals surface area contributed by atoms with E-state index < -0.39 is 0 Å². The Kier molecular flexibility index (Phi) is 6.19. The smallest absolute Gasteiger partial charge is 0.268 e. The number of thiazole rings is 1. The molecule has 1 N–H and O–H groups in total. The zero-order valence-corrected chi connectivity index (χ0v) is 20.8. The van der Waals surface area contributed by atoms with Crippen molar-refractivity contribution in [2.75, 3.05) is 0 Å². The first kappa shape index (κ1) is 23.6. The van der Waals surface area contributed by atoms with Crippen LogP contribution in [-0.4, -0.2) is 30.1 Å². The van der Waals surface area contributed by atoms with E-state index >= 15 is 0 Å². The van der Waals surface area contributed by atoms with E-state index in [0.717, 1.165) is 16.8 Å². The molecule has 0 aliphatic rings. The lowest BCUT2D eigenvalue weighted by atomic mass is 10.1. The summed E-state index contributed by atoms with van der Waals surface area (Å²) in [6.45, 7) is 5.86. The highest BCUT2D eigenvalue weighted by molar-refractivity contribution is 7.15. The summed E-state index contributed by atoms with van der Waals surface area (Å²) >= 11 is 1.31. The van der Waals surface area contributed by atoms with Gasteiger partial charge in [0.25, 0.3) is 5.56 Å². The minimum Gasteiger partial charge on any atom is -0.352 e. The fourth-order valence-electron chi connectivity index (χ4n) is 4.10. The summed E-state index contributed by atoms with van der Waals surface area (Å²) in [5.74, 6) is -0.571. The number of hydrogen-bond acceptors (Lipinski definition) is 6. The van der Waals surface area contributed by atoms with Gasteiger partial charge >= 0.3 is 0 Å². The zero-order valence-electron chi connectivity index (χ0n) is 19.9. The molecule has 10 heteroatoms. The normalized spacial score (nSPS) is 11.2. The largest absolute Gasteiger partial charge is 0.352 e. The van der Waals surface area contributed by atoms with Crippen LogP contribution < -0.4 is 10.9 Å². The van der Waals surface area contributed by atoms with E-state index in [-0.39, 0.29) is 23.7 Å². The highest BCUT2D eigenvalue weighted by Crippen LogP contribution is 2.25. The van der Waals surface area contributed by atoms with E-state index in [2.05, 4.69) is 20.4 Å². The molecule has 0 saturated heterocycles. The van der Waals surface area contributed by atoms with Gasteiger partial charge in [0.2, 0.25) is 5.91 Å². The number of nitrogens with zero attached hydrogens (tertiary/aromatic N) is 5. The molecular weight excluding hydrogens is 479 g/mol. The Morgan fingerprint density at radius 2 is 1.89 bits per heavy atom. The van der Waals surface area contributed by atoms with Gasteiger partial charge < -0.3 is 5.32 Å². The van der Waals surface area contributed by atoms with Gasteiger partial charge in [-0.15, -0.1) is 11.3 Å². The molecule has 4 heterocycles. The van der Waals surface area contributed by atoms with Crippen LogP contribution in [0.25, 0.3) is 21.9 Å². The Bertz CT molecular complexity index is 1650. The average Bonchev–Trinajstić information content (AvgIpc) is 3.43. The van der Waals surface area contributed by atoms with Crippen molar-refractivity contribution in [3.05, 3.63) is 98.6 Å². The molecule has 36 heavy (non-hydrogen) atoms. The van der Waals surface area contributed by atoms with Crippen LogP contribution in [-0.2, 0) is 17.8 Å². The van der Waals surface area contributed by atoms with Gasteiger partial charge in [0.05, 0.1) is 23.4 Å². The molecule has 0 fully saturated rings. The number of carbonyl (C=O) groups is 1. The molecule has 8 nitrogen and oxygen atoms in total. The molecule has 0 atom stereocenters. The maximum atomic E-state index is 13.9. The molecule has 0 spiro atoms. The van der Waals surface area contributed by atoms with Crippen LogP contribution in [0.5, 0.6) is 0 Å². The predicted octanol–water partition coefficient (Wildman–Crippen LogP) is 3.93. The fourth-order valence-corrected chi connectivity index (χ4v) is 5.03. The Balaban J connectivity index is 1.49. The van der Waals surface area contributed by atoms with Crippen molar-refractivity contribution in [2.24, 2.45) is 0 Å². The molecule has 0 aliphatic heterocycles. The summed E-state index contributed by atoms with van der Waals surface area (Å²) in [5.41, 5.74) is 4.74. The first-order valence-corrected chi connectivity index (χ1v) is 12.2. The van der Waals surface area contributed by atoms with Crippen molar-refractivity contribution in [2.45, 2.75) is 33.7 Å². The number of nitrogens with one attached hydrogen (secondary N) is 1. The Labute approximate surface area is 210 Å². The number of rotatable bonds is 6. The highest BCUT2D eigenvalue weighted by Gasteiger charge is 2.20. The maximum absolute atomic E-state index is 13.9. The summed E-state index contributed by atoms with van der Waals surface area (Å²) in [7, 11) is 0. The molecule has 0 radical (unpaired) electrons. The zero-order chi connectivity index (χ0) is 25.4. The van der Waals surface area contributed by atoms with Gasteiger partial charge in [-0.3, -0.25) is 19.0 Å². The first-order chi connectivity index (χ1) is 17.3. The number of fused-ring (bicyclic) bond motifs is 1. The van der Waals surface area contributed by atoms with Gasteiger partial charge in [-0.25, -0.2) is 14.1 Å². The van der Waals surface area contributed by atoms with Crippen LogP contribution in [0.3, 0.4) is 0 Å². The standard InChI is InChI=1S/C26H23FN6O2S/c1-15-4-5-19(27)11-22(15)33-16(2)10-21(31-33)24-17(3)30-26-32(25(24)35)20(14-36-26)12-23(34)29-13-18-6-8-28-9-7-18/h4-11,14H,12-13H2,1-3H3,(H,29,34). The number of benzene rings is 1. The van der Waals surface area contributed by atoms with E-state index in [1.165, 1.54) is 27.9 Å². The van der Waals surface area contributed by atoms with Crippen LogP contribution >= 0.6 is 11.3 Å². The molecule has 0 bridgehead atoms. The summed E-state index contributed by atoms with van der Waals surface area (Å²) in [6, 6.07) is 9.96. The van der Waals surface area contributed by atoms with E-state index in [1.54, 1.807) is 41.5 Å². The van der Waals surface area contributed by atoms with Gasteiger partial charge in [-0.2, -0.15) is 5.10 Å². The van der Waals surface area contributed by atoms with Gasteiger partial charge in [0.1, 0.15) is 11.5 Å². The van der Waals surface area contributed by atoms with Crippen LogP contribution in [0.15, 0.2) is 59.0 Å². The molecule has 1 amide bonds. The number of aryl methyl sites for hydroxylation is 3. The average molecular weight is 503 g/mol. The van der Waals surface area contributed by atoms with Crippen LogP contribution in [0.1, 0.15) is 28.2 Å². The monoisotopic (exact) mass is 502 g/mol. The van der Waals surface area contributed by atoms with Gasteiger partial charge in [0.15, 0.2) is 4.96 Å². The third kappa shape index (κ3) is 4.42. The lowest BCUT2D eigenvalue weighted by molar-refractivity contribution is -0.120. The maximum Gasteiger partial charge on any atom is 0.268 e. The number of halogens is 1. The predicted molar refractivity (Wildman–Crippen MR) is 136 cm³/mol. The van der Waals surface area contributed by atoms with Crippen molar-refractivity contribution in [1.82, 2.24) is 29.5 Å². The van der Waals surface area contributed by atoms with E-state index in [9.17, 15) is 14.0 Å². The Morgan fingerprint density at radius 1 is 1.11 bits per heavy atom. The third-order valence-corrected chi connectivity index (χ3v) is 6.82. The van der Waals surface area contributed by atoms with Crippen molar-refractivity contribution < 1.29 is 9.18 Å². The molecule has 182 valence electrons. The minimum absolute atomic E-state index is 0.0329. The molecule has 1 aromatic carbocycles. The van der Waals surface area contributed by atoms with Gasteiger partial charge in [0, 0.05) is 35.7 Å². The molecule has 0 unspecified atom stereocenters. The fraction of sp³-hybridized carbons (Fsp3) is 0.192. The second-order valence-corrected chi connectivity index (χ2v) is 9.38. The van der Waals surface area contributed by atoms with Gasteiger partial charge in [-0.1, -0.05) is 6.07 Å². The Hall–Kier alpha value is -4.18. The topological polar surface area (TPSA) is 94.2 Å². The number of aromatic nitrogens is 5. The lowest BCUT2D eigenvalue weighted by Crippen LogP contribution is -2.27. The SMILES string of the molecule is Cc1ccc(F)cc1-n1nc(-c2c(C)nc3scc(CC(=O)NCc4ccncc4)n3c2=O)cc1C. The van der Waals surface area contributed by atoms with Crippen LogP contribution in [0.4, 0.5) is 4.39 Å². The molecule has 0 saturated carbocycles. The second kappa shape index (κ2) is 9.46. The number of hydrogen-bond donors (Lipinski definition) is 1. The summed E-state index contributed by atoms with van der Waals surface area (Å²) < 4.78 is 17.0. The number of amides is 1. The Morgan fingerprint density at radius 3 is 2.67 bits per heavy atom. The van der Waals surface area contributed by atoms with E-state index in [4.69, 9.17) is 0 Å². The van der Waals surface area contributed by atoms with Crippen LogP contribution in [0.2, 0.25) is 0 Å². The lowest BCUT2D eigenvalue weighted by Gasteiger charge is -2.08. The summed E-state index contributed by atoms with van der Waals surface area (Å²) in [5, 5.41) is 9.28. The van der Waals surface area contributed by atoms with Crippen molar-refractivity contribution in [3.8, 4) is 16.9 Å². The number of carbonyl (C=O) groups excluding carboxylic acids is 1. The summed E-state index contributed by atoms with van der Waals surface area (Å²) in [4.78, 5) is 35.4. The minimum atomic E-state index is -0.364. The van der Waals surface area contributed by atoms with E-state index in [1.807, 2.05) is 26.0 Å². The van der Waals surface area contributed by atoms with Crippen LogP contribution in [0, 0.1) is 26.6 Å².